The number of amides is 2. The van der Waals surface area contributed by atoms with Crippen molar-refractivity contribution >= 4 is 29.4 Å². The van der Waals surface area contributed by atoms with Crippen molar-refractivity contribution in [2.24, 2.45) is 5.92 Å². The molecule has 0 radical (unpaired) electrons. The molecule has 1 N–H and O–H groups in total. The highest BCUT2D eigenvalue weighted by molar-refractivity contribution is 7.99. The number of nitrogens with zero attached hydrogens (tertiary/aromatic N) is 3. The summed E-state index contributed by atoms with van der Waals surface area (Å²) in [4.78, 5) is 35.1. The first-order valence-electron chi connectivity index (χ1n) is 8.87. The van der Waals surface area contributed by atoms with Crippen LogP contribution >= 0.6 is 11.8 Å². The van der Waals surface area contributed by atoms with Gasteiger partial charge in [-0.25, -0.2) is 9.97 Å². The number of carbonyl (C=O) groups is 2. The minimum Gasteiger partial charge on any atom is -0.338 e. The number of aromatic nitrogens is 2. The van der Waals surface area contributed by atoms with E-state index in [2.05, 4.69) is 15.3 Å². The van der Waals surface area contributed by atoms with E-state index in [1.54, 1.807) is 18.2 Å². The van der Waals surface area contributed by atoms with E-state index in [9.17, 15) is 18.4 Å². The zero-order valence-electron chi connectivity index (χ0n) is 15.3. The molecule has 2 amide bonds. The third-order valence-electron chi connectivity index (χ3n) is 4.42. The minimum absolute atomic E-state index is 0.00182. The molecule has 3 heterocycles. The molecular formula is C19H20F2N4O2S. The monoisotopic (exact) mass is 406 g/mol. The highest BCUT2D eigenvalue weighted by Crippen LogP contribution is 2.28. The van der Waals surface area contributed by atoms with Crippen molar-refractivity contribution in [1.82, 2.24) is 14.9 Å². The second kappa shape index (κ2) is 9.09. The van der Waals surface area contributed by atoms with Crippen LogP contribution in [0.2, 0.25) is 0 Å². The van der Waals surface area contributed by atoms with Crippen LogP contribution in [-0.2, 0) is 4.79 Å². The Morgan fingerprint density at radius 1 is 1.29 bits per heavy atom. The minimum atomic E-state index is -2.66. The number of halogens is 2. The Hall–Kier alpha value is -2.55. The number of hydrogen-bond acceptors (Lipinski definition) is 5. The van der Waals surface area contributed by atoms with Gasteiger partial charge in [0.15, 0.2) is 0 Å². The van der Waals surface area contributed by atoms with Crippen molar-refractivity contribution in [1.29, 1.82) is 0 Å². The van der Waals surface area contributed by atoms with Crippen molar-refractivity contribution in [3.05, 3.63) is 47.8 Å². The summed E-state index contributed by atoms with van der Waals surface area (Å²) in [6, 6.07) is 8.37. The van der Waals surface area contributed by atoms with Crippen LogP contribution in [0.1, 0.15) is 28.9 Å². The molecule has 1 aliphatic rings. The molecule has 1 saturated heterocycles. The lowest BCUT2D eigenvalue weighted by Gasteiger charge is -2.32. The number of likely N-dealkylation sites (tertiary alicyclic amines) is 1. The Labute approximate surface area is 165 Å². The first kappa shape index (κ1) is 20.2. The number of anilines is 1. The Balaban J connectivity index is 1.69. The smallest absolute Gasteiger partial charge is 0.290 e. The lowest BCUT2D eigenvalue weighted by atomic mass is 9.96. The van der Waals surface area contributed by atoms with Gasteiger partial charge in [-0.2, -0.15) is 8.78 Å². The topological polar surface area (TPSA) is 75.2 Å². The van der Waals surface area contributed by atoms with Crippen LogP contribution in [0.25, 0.3) is 0 Å². The first-order chi connectivity index (χ1) is 13.4. The molecule has 0 saturated carbocycles. The highest BCUT2D eigenvalue weighted by atomic mass is 32.2. The fourth-order valence-corrected chi connectivity index (χ4v) is 3.69. The van der Waals surface area contributed by atoms with E-state index in [0.717, 1.165) is 5.69 Å². The molecule has 0 bridgehead atoms. The largest absolute Gasteiger partial charge is 0.338 e. The Kier molecular flexibility index (Phi) is 6.56. The van der Waals surface area contributed by atoms with E-state index >= 15 is 0 Å². The summed E-state index contributed by atoms with van der Waals surface area (Å²) < 4.78 is 25.5. The molecule has 0 aromatic carbocycles. The van der Waals surface area contributed by atoms with Gasteiger partial charge in [0, 0.05) is 25.0 Å². The van der Waals surface area contributed by atoms with E-state index in [-0.39, 0.29) is 46.6 Å². The van der Waals surface area contributed by atoms with Crippen LogP contribution in [0.15, 0.2) is 41.6 Å². The Bertz CT molecular complexity index is 865. The maximum absolute atomic E-state index is 12.9. The molecule has 28 heavy (non-hydrogen) atoms. The zero-order valence-corrected chi connectivity index (χ0v) is 16.1. The van der Waals surface area contributed by atoms with Crippen molar-refractivity contribution in [2.75, 3.05) is 18.4 Å². The van der Waals surface area contributed by atoms with Crippen LogP contribution < -0.4 is 5.32 Å². The fraction of sp³-hybridized carbons (Fsp3) is 0.368. The number of nitrogens with one attached hydrogen (secondary N) is 1. The predicted molar refractivity (Wildman–Crippen MR) is 102 cm³/mol. The fourth-order valence-electron chi connectivity index (χ4n) is 3.12. The standard InChI is InChI=1S/C19H20F2N4O2S/c1-12-5-2-8-15(23-12)24-16(26)13-6-4-10-25(11-13)18(27)14-7-3-9-22-17(14)28-19(20)21/h2-3,5,7-9,13,19H,4,6,10-11H2,1H3,(H,23,24,26). The van der Waals surface area contributed by atoms with Crippen molar-refractivity contribution < 1.29 is 18.4 Å². The van der Waals surface area contributed by atoms with Crippen LogP contribution in [0, 0.1) is 12.8 Å². The number of pyridine rings is 2. The van der Waals surface area contributed by atoms with E-state index < -0.39 is 5.76 Å². The van der Waals surface area contributed by atoms with Crippen molar-refractivity contribution in [2.45, 2.75) is 30.5 Å². The van der Waals surface area contributed by atoms with E-state index in [0.29, 0.717) is 25.2 Å². The third kappa shape index (κ3) is 5.03. The Morgan fingerprint density at radius 3 is 2.86 bits per heavy atom. The van der Waals surface area contributed by atoms with Crippen molar-refractivity contribution in [3.63, 3.8) is 0 Å². The molecule has 2 aromatic rings. The summed E-state index contributed by atoms with van der Waals surface area (Å²) in [7, 11) is 0. The predicted octanol–water partition coefficient (Wildman–Crippen LogP) is 3.59. The van der Waals surface area contributed by atoms with Gasteiger partial charge in [0.05, 0.1) is 11.5 Å². The molecule has 1 unspecified atom stereocenters. The first-order valence-corrected chi connectivity index (χ1v) is 9.75. The number of thioether (sulfide) groups is 1. The average Bonchev–Trinajstić information content (AvgIpc) is 2.67. The van der Waals surface area contributed by atoms with Gasteiger partial charge in [0.25, 0.3) is 11.7 Å². The molecule has 1 fully saturated rings. The summed E-state index contributed by atoms with van der Waals surface area (Å²) >= 11 is 0.248. The second-order valence-corrected chi connectivity index (χ2v) is 7.46. The van der Waals surface area contributed by atoms with Gasteiger partial charge >= 0.3 is 0 Å². The van der Waals surface area contributed by atoms with E-state index in [4.69, 9.17) is 0 Å². The summed E-state index contributed by atoms with van der Waals surface area (Å²) in [6.07, 6.45) is 2.68. The number of piperidine rings is 1. The third-order valence-corrected chi connectivity index (χ3v) is 5.15. The molecular weight excluding hydrogens is 386 g/mol. The maximum atomic E-state index is 12.9. The summed E-state index contributed by atoms with van der Waals surface area (Å²) in [6.45, 7) is 2.53. The molecule has 6 nitrogen and oxygen atoms in total. The van der Waals surface area contributed by atoms with Gasteiger partial charge in [-0.3, -0.25) is 9.59 Å². The molecule has 0 spiro atoms. The van der Waals surface area contributed by atoms with Gasteiger partial charge in [-0.05, 0) is 55.8 Å². The average molecular weight is 406 g/mol. The van der Waals surface area contributed by atoms with Gasteiger partial charge < -0.3 is 10.2 Å². The normalized spacial score (nSPS) is 16.9. The van der Waals surface area contributed by atoms with Crippen LogP contribution in [0.4, 0.5) is 14.6 Å². The number of hydrogen-bond donors (Lipinski definition) is 1. The quantitative estimate of drug-likeness (QED) is 0.768. The molecule has 148 valence electrons. The lowest BCUT2D eigenvalue weighted by molar-refractivity contribution is -0.121. The number of rotatable bonds is 5. The van der Waals surface area contributed by atoms with Crippen LogP contribution in [-0.4, -0.2) is 45.5 Å². The van der Waals surface area contributed by atoms with Gasteiger partial charge in [0.2, 0.25) is 5.91 Å². The van der Waals surface area contributed by atoms with Crippen molar-refractivity contribution in [3.8, 4) is 0 Å². The SMILES string of the molecule is Cc1cccc(NC(=O)C2CCCN(C(=O)c3cccnc3SC(F)F)C2)n1. The number of alkyl halides is 2. The van der Waals surface area contributed by atoms with E-state index in [1.807, 2.05) is 13.0 Å². The summed E-state index contributed by atoms with van der Waals surface area (Å²) in [5.41, 5.74) is 0.924. The van der Waals surface area contributed by atoms with Crippen LogP contribution in [0.3, 0.4) is 0 Å². The van der Waals surface area contributed by atoms with Gasteiger partial charge in [-0.15, -0.1) is 0 Å². The maximum Gasteiger partial charge on any atom is 0.290 e. The molecule has 1 aliphatic heterocycles. The van der Waals surface area contributed by atoms with Gasteiger partial charge in [0.1, 0.15) is 10.8 Å². The van der Waals surface area contributed by atoms with E-state index in [1.165, 1.54) is 17.2 Å². The summed E-state index contributed by atoms with van der Waals surface area (Å²) in [5.74, 6) is -3.17. The molecule has 3 rings (SSSR count). The summed E-state index contributed by atoms with van der Waals surface area (Å²) in [5, 5.41) is 2.78. The number of carbonyl (C=O) groups excluding carboxylic acids is 2. The second-order valence-electron chi connectivity index (χ2n) is 6.48. The molecule has 2 aromatic heterocycles. The number of aryl methyl sites for hydroxylation is 1. The molecule has 9 heteroatoms. The lowest BCUT2D eigenvalue weighted by Crippen LogP contribution is -2.44. The highest BCUT2D eigenvalue weighted by Gasteiger charge is 2.30. The zero-order chi connectivity index (χ0) is 20.1. The van der Waals surface area contributed by atoms with Crippen LogP contribution in [0.5, 0.6) is 0 Å². The molecule has 0 aliphatic carbocycles. The molecule has 1 atom stereocenters. The van der Waals surface area contributed by atoms with Gasteiger partial charge in [-0.1, -0.05) is 6.07 Å². The Morgan fingerprint density at radius 2 is 2.11 bits per heavy atom.